The Balaban J connectivity index is 1.74. The quantitative estimate of drug-likeness (QED) is 0.571. The molecule has 7 nitrogen and oxygen atoms in total. The van der Waals surface area contributed by atoms with Gasteiger partial charge in [0.2, 0.25) is 0 Å². The summed E-state index contributed by atoms with van der Waals surface area (Å²) in [5, 5.41) is 8.65. The molecule has 31 heavy (non-hydrogen) atoms. The third kappa shape index (κ3) is 4.86. The third-order valence-corrected chi connectivity index (χ3v) is 5.31. The van der Waals surface area contributed by atoms with Gasteiger partial charge in [-0.15, -0.1) is 0 Å². The zero-order valence-electron chi connectivity index (χ0n) is 18.1. The lowest BCUT2D eigenvalue weighted by Crippen LogP contribution is -2.21. The molecular weight excluding hydrogens is 397 g/mol. The predicted octanol–water partition coefficient (Wildman–Crippen LogP) is 3.62. The number of rotatable bonds is 8. The smallest absolute Gasteiger partial charge is 0.174 e. The summed E-state index contributed by atoms with van der Waals surface area (Å²) in [5.74, 6) is 1.24. The summed E-state index contributed by atoms with van der Waals surface area (Å²) in [6, 6.07) is 9.18. The van der Waals surface area contributed by atoms with Crippen molar-refractivity contribution in [3.8, 4) is 17.0 Å². The number of ether oxygens (including phenoxy) is 2. The Kier molecular flexibility index (Phi) is 6.48. The van der Waals surface area contributed by atoms with E-state index < -0.39 is 5.82 Å². The lowest BCUT2D eigenvalue weighted by atomic mass is 10.1. The van der Waals surface area contributed by atoms with Crippen LogP contribution in [0.2, 0.25) is 0 Å². The van der Waals surface area contributed by atoms with Crippen LogP contribution in [-0.4, -0.2) is 68.4 Å². The van der Waals surface area contributed by atoms with E-state index in [9.17, 15) is 4.39 Å². The molecule has 164 valence electrons. The van der Waals surface area contributed by atoms with Crippen molar-refractivity contribution in [3.05, 3.63) is 42.3 Å². The first kappa shape index (κ1) is 21.3. The number of likely N-dealkylation sites (N-methyl/N-ethyl adjacent to an activating group) is 1. The van der Waals surface area contributed by atoms with Crippen molar-refractivity contribution in [2.45, 2.75) is 12.5 Å². The molecule has 3 heterocycles. The molecular formula is C23H28FN5O2. The zero-order valence-corrected chi connectivity index (χ0v) is 18.1. The molecule has 1 atom stereocenters. The molecule has 1 saturated heterocycles. The molecule has 1 unspecified atom stereocenters. The normalized spacial score (nSPS) is 16.1. The second-order valence-electron chi connectivity index (χ2n) is 7.90. The van der Waals surface area contributed by atoms with E-state index in [0.29, 0.717) is 30.2 Å². The van der Waals surface area contributed by atoms with Gasteiger partial charge in [0.05, 0.1) is 25.5 Å². The van der Waals surface area contributed by atoms with Gasteiger partial charge in [0.1, 0.15) is 11.6 Å². The number of hydrogen-bond acceptors (Lipinski definition) is 7. The summed E-state index contributed by atoms with van der Waals surface area (Å²) < 4.78 is 25.5. The average molecular weight is 426 g/mol. The number of anilines is 2. The van der Waals surface area contributed by atoms with Gasteiger partial charge in [0.15, 0.2) is 11.6 Å². The maximum Gasteiger partial charge on any atom is 0.174 e. The summed E-state index contributed by atoms with van der Waals surface area (Å²) in [6.45, 7) is 3.00. The van der Waals surface area contributed by atoms with Crippen LogP contribution in [0.15, 0.2) is 36.5 Å². The predicted molar refractivity (Wildman–Crippen MR) is 121 cm³/mol. The van der Waals surface area contributed by atoms with Crippen LogP contribution in [0.25, 0.3) is 22.0 Å². The molecule has 3 aromatic rings. The van der Waals surface area contributed by atoms with Gasteiger partial charge >= 0.3 is 0 Å². The number of hydrogen-bond donors (Lipinski definition) is 2. The van der Waals surface area contributed by atoms with Gasteiger partial charge in [-0.1, -0.05) is 6.07 Å². The van der Waals surface area contributed by atoms with E-state index in [1.54, 1.807) is 24.4 Å². The lowest BCUT2D eigenvalue weighted by Gasteiger charge is -2.16. The largest absolute Gasteiger partial charge is 0.494 e. The Bertz CT molecular complexity index is 1050. The first-order chi connectivity index (χ1) is 15.0. The molecule has 8 heteroatoms. The van der Waals surface area contributed by atoms with Gasteiger partial charge in [-0.25, -0.2) is 14.4 Å². The third-order valence-electron chi connectivity index (χ3n) is 5.31. The molecule has 0 spiro atoms. The van der Waals surface area contributed by atoms with Crippen LogP contribution < -0.4 is 15.4 Å². The highest BCUT2D eigenvalue weighted by atomic mass is 19.1. The molecule has 0 saturated carbocycles. The number of methoxy groups -OCH3 is 1. The minimum Gasteiger partial charge on any atom is -0.494 e. The minimum absolute atomic E-state index is 0.193. The van der Waals surface area contributed by atoms with E-state index in [1.165, 1.54) is 7.11 Å². The van der Waals surface area contributed by atoms with Crippen molar-refractivity contribution >= 4 is 22.4 Å². The van der Waals surface area contributed by atoms with Crippen LogP contribution in [0, 0.1) is 5.82 Å². The second-order valence-corrected chi connectivity index (χ2v) is 7.90. The van der Waals surface area contributed by atoms with Crippen LogP contribution in [-0.2, 0) is 4.74 Å². The van der Waals surface area contributed by atoms with Crippen molar-refractivity contribution in [1.29, 1.82) is 0 Å². The van der Waals surface area contributed by atoms with Crippen molar-refractivity contribution in [3.63, 3.8) is 0 Å². The van der Waals surface area contributed by atoms with Gasteiger partial charge in [0.25, 0.3) is 0 Å². The summed E-state index contributed by atoms with van der Waals surface area (Å²) in [5.41, 5.74) is 0.921. The van der Waals surface area contributed by atoms with Crippen LogP contribution in [0.5, 0.6) is 5.75 Å². The Morgan fingerprint density at radius 1 is 1.29 bits per heavy atom. The zero-order chi connectivity index (χ0) is 21.8. The first-order valence-electron chi connectivity index (χ1n) is 10.4. The van der Waals surface area contributed by atoms with Crippen molar-refractivity contribution in [2.75, 3.05) is 58.1 Å². The van der Waals surface area contributed by atoms with Gasteiger partial charge in [-0.05, 0) is 44.8 Å². The molecule has 1 aromatic carbocycles. The number of nitrogens with zero attached hydrogens (tertiary/aromatic N) is 3. The Hall–Kier alpha value is -2.97. The molecule has 1 fully saturated rings. The van der Waals surface area contributed by atoms with Crippen LogP contribution in [0.3, 0.4) is 0 Å². The molecule has 0 aliphatic carbocycles. The Morgan fingerprint density at radius 3 is 2.90 bits per heavy atom. The standard InChI is InChI=1S/C23H28FN5O2/c1-29(2)9-8-25-23-18-12-21(27-16-7-10-31-14-16)26-13-15(18)11-19(28-23)17-5-4-6-20(30-3)22(17)24/h4-6,11-13,16H,7-10,14H2,1-3H3,(H,25,28)(H,26,27). The molecule has 2 aromatic heterocycles. The number of fused-ring (bicyclic) bond motifs is 1. The van der Waals surface area contributed by atoms with E-state index in [0.717, 1.165) is 36.2 Å². The minimum atomic E-state index is -0.427. The van der Waals surface area contributed by atoms with Crippen molar-refractivity contribution in [1.82, 2.24) is 14.9 Å². The summed E-state index contributed by atoms with van der Waals surface area (Å²) in [6.07, 6.45) is 2.76. The van der Waals surface area contributed by atoms with Crippen LogP contribution in [0.4, 0.5) is 16.0 Å². The fourth-order valence-corrected chi connectivity index (χ4v) is 3.62. The van der Waals surface area contributed by atoms with Gasteiger partial charge in [-0.3, -0.25) is 0 Å². The monoisotopic (exact) mass is 425 g/mol. The molecule has 4 rings (SSSR count). The SMILES string of the molecule is COc1cccc(-c2cc3cnc(NC4CCOC4)cc3c(NCCN(C)C)n2)c1F. The molecule has 0 bridgehead atoms. The summed E-state index contributed by atoms with van der Waals surface area (Å²) >= 11 is 0. The number of aromatic nitrogens is 2. The van der Waals surface area contributed by atoms with E-state index in [1.807, 2.05) is 26.2 Å². The maximum absolute atomic E-state index is 14.9. The highest BCUT2D eigenvalue weighted by Gasteiger charge is 2.18. The van der Waals surface area contributed by atoms with E-state index in [4.69, 9.17) is 14.5 Å². The van der Waals surface area contributed by atoms with E-state index >= 15 is 0 Å². The number of halogens is 1. The first-order valence-corrected chi connectivity index (χ1v) is 10.4. The highest BCUT2D eigenvalue weighted by molar-refractivity contribution is 5.95. The van der Waals surface area contributed by atoms with Gasteiger partial charge in [0, 0.05) is 42.2 Å². The second kappa shape index (κ2) is 9.45. The Morgan fingerprint density at radius 2 is 2.16 bits per heavy atom. The molecule has 0 amide bonds. The van der Waals surface area contributed by atoms with Crippen molar-refractivity contribution in [2.24, 2.45) is 0 Å². The number of benzene rings is 1. The molecule has 2 N–H and O–H groups in total. The highest BCUT2D eigenvalue weighted by Crippen LogP contribution is 2.33. The number of nitrogens with one attached hydrogen (secondary N) is 2. The van der Waals surface area contributed by atoms with Crippen LogP contribution >= 0.6 is 0 Å². The summed E-state index contributed by atoms with van der Waals surface area (Å²) in [4.78, 5) is 11.4. The Labute approximate surface area is 181 Å². The maximum atomic E-state index is 14.9. The number of pyridine rings is 2. The summed E-state index contributed by atoms with van der Waals surface area (Å²) in [7, 11) is 5.49. The van der Waals surface area contributed by atoms with E-state index in [2.05, 4.69) is 20.5 Å². The fraction of sp³-hybridized carbons (Fsp3) is 0.391. The fourth-order valence-electron chi connectivity index (χ4n) is 3.62. The topological polar surface area (TPSA) is 71.5 Å². The van der Waals surface area contributed by atoms with Crippen molar-refractivity contribution < 1.29 is 13.9 Å². The lowest BCUT2D eigenvalue weighted by molar-refractivity contribution is 0.195. The van der Waals surface area contributed by atoms with Gasteiger partial charge < -0.3 is 25.0 Å². The van der Waals surface area contributed by atoms with Crippen LogP contribution in [0.1, 0.15) is 6.42 Å². The molecule has 1 aliphatic rings. The molecule has 1 aliphatic heterocycles. The average Bonchev–Trinajstić information content (AvgIpc) is 3.27. The molecule has 0 radical (unpaired) electrons. The van der Waals surface area contributed by atoms with E-state index in [-0.39, 0.29) is 11.8 Å². The van der Waals surface area contributed by atoms with Gasteiger partial charge in [-0.2, -0.15) is 0 Å².